The lowest BCUT2D eigenvalue weighted by molar-refractivity contribution is -0.0943. The third kappa shape index (κ3) is 3.13. The van der Waals surface area contributed by atoms with Crippen LogP contribution in [0.1, 0.15) is 34.1 Å². The maximum absolute atomic E-state index is 10.1. The molecule has 94 valence electrons. The number of hydrogen-bond acceptors (Lipinski definition) is 5. The molecular weight excluding hydrogens is 224 g/mol. The van der Waals surface area contributed by atoms with E-state index in [0.29, 0.717) is 0 Å². The molecule has 0 fully saturated rings. The second-order valence-electron chi connectivity index (χ2n) is 4.85. The van der Waals surface area contributed by atoms with Crippen LogP contribution in [0, 0.1) is 0 Å². The van der Waals surface area contributed by atoms with Crippen molar-refractivity contribution in [3.63, 3.8) is 0 Å². The zero-order chi connectivity index (χ0) is 12.4. The van der Waals surface area contributed by atoms with Gasteiger partial charge >= 0.3 is 0 Å². The highest BCUT2D eigenvalue weighted by molar-refractivity contribution is 7.98. The van der Waals surface area contributed by atoms with E-state index in [0.717, 1.165) is 17.9 Å². The van der Waals surface area contributed by atoms with Crippen LogP contribution in [0.5, 0.6) is 0 Å². The van der Waals surface area contributed by atoms with Crippen molar-refractivity contribution in [3.8, 4) is 0 Å². The van der Waals surface area contributed by atoms with Gasteiger partial charge in [0.15, 0.2) is 0 Å². The van der Waals surface area contributed by atoms with Gasteiger partial charge in [0, 0.05) is 36.7 Å². The average Bonchev–Trinajstić information content (AvgIpc) is 2.59. The van der Waals surface area contributed by atoms with Crippen molar-refractivity contribution in [2.75, 3.05) is 13.6 Å². The minimum Gasteiger partial charge on any atom is -0.387 e. The summed E-state index contributed by atoms with van der Waals surface area (Å²) in [5.41, 5.74) is 1.74. The van der Waals surface area contributed by atoms with Gasteiger partial charge in [-0.3, -0.25) is 0 Å². The molecule has 0 aromatic heterocycles. The predicted octanol–water partition coefficient (Wildman–Crippen LogP) is 1.88. The molecule has 5 heteroatoms. The summed E-state index contributed by atoms with van der Waals surface area (Å²) < 4.78 is 5.81. The number of aliphatic hydroxyl groups is 1. The highest BCUT2D eigenvalue weighted by Crippen LogP contribution is 2.35. The van der Waals surface area contributed by atoms with E-state index in [2.05, 4.69) is 5.43 Å². The Balaban J connectivity index is 2.55. The van der Waals surface area contributed by atoms with Crippen LogP contribution in [0.4, 0.5) is 0 Å². The Morgan fingerprint density at radius 1 is 1.56 bits per heavy atom. The van der Waals surface area contributed by atoms with E-state index < -0.39 is 11.2 Å². The number of rotatable bonds is 5. The summed E-state index contributed by atoms with van der Waals surface area (Å²) in [4.78, 5) is 1.12. The van der Waals surface area contributed by atoms with Crippen LogP contribution in [0.2, 0.25) is 0 Å². The maximum atomic E-state index is 10.1. The molecule has 1 aliphatic heterocycles. The van der Waals surface area contributed by atoms with Crippen LogP contribution in [0.15, 0.2) is 11.1 Å². The molecule has 1 heterocycles. The van der Waals surface area contributed by atoms with Crippen molar-refractivity contribution < 1.29 is 9.29 Å². The van der Waals surface area contributed by atoms with Crippen molar-refractivity contribution in [2.24, 2.45) is 0 Å². The van der Waals surface area contributed by atoms with E-state index in [-0.39, 0.29) is 0 Å². The first-order valence-electron chi connectivity index (χ1n) is 5.53. The summed E-state index contributed by atoms with van der Waals surface area (Å²) >= 11 is 1.34. The molecule has 16 heavy (non-hydrogen) atoms. The van der Waals surface area contributed by atoms with Crippen molar-refractivity contribution >= 4 is 12.0 Å². The highest BCUT2D eigenvalue weighted by atomic mass is 32.2. The van der Waals surface area contributed by atoms with E-state index in [4.69, 9.17) is 4.18 Å². The Hall–Kier alpha value is -0.230. The first-order valence-corrected chi connectivity index (χ1v) is 6.28. The van der Waals surface area contributed by atoms with Gasteiger partial charge in [-0.2, -0.15) is 0 Å². The van der Waals surface area contributed by atoms with Crippen LogP contribution in [0.25, 0.3) is 0 Å². The van der Waals surface area contributed by atoms with Crippen molar-refractivity contribution in [2.45, 2.75) is 45.3 Å². The minimum atomic E-state index is -0.854. The van der Waals surface area contributed by atoms with Gasteiger partial charge in [0.25, 0.3) is 0 Å². The molecule has 0 aliphatic carbocycles. The summed E-state index contributed by atoms with van der Waals surface area (Å²) in [5, 5.41) is 12.0. The molecule has 0 aromatic rings. The quantitative estimate of drug-likeness (QED) is 0.725. The van der Waals surface area contributed by atoms with E-state index in [1.807, 2.05) is 32.1 Å². The lowest BCUT2D eigenvalue weighted by atomic mass is 9.86. The Morgan fingerprint density at radius 2 is 2.19 bits per heavy atom. The van der Waals surface area contributed by atoms with Crippen molar-refractivity contribution in [1.29, 1.82) is 0 Å². The molecule has 0 spiro atoms. The zero-order valence-electron chi connectivity index (χ0n) is 10.7. The molecule has 1 atom stereocenters. The third-order valence-corrected chi connectivity index (χ3v) is 4.06. The number of hydrogen-bond donors (Lipinski definition) is 2. The second kappa shape index (κ2) is 4.96. The first-order chi connectivity index (χ1) is 7.28. The summed E-state index contributed by atoms with van der Waals surface area (Å²) in [7, 11) is 1.95. The Kier molecular flexibility index (Phi) is 4.29. The molecule has 1 rings (SSSR count). The normalized spacial score (nSPS) is 20.9. The molecule has 4 nitrogen and oxygen atoms in total. The van der Waals surface area contributed by atoms with Gasteiger partial charge in [0.05, 0.1) is 5.60 Å². The standard InChI is InChI=1S/C11H22N2O2S/c1-6-11(4,10(2,3)14)15-16-9-7-12-13(5)8-9/h8,12,14H,6-7H2,1-5H3. The lowest BCUT2D eigenvalue weighted by Crippen LogP contribution is -2.48. The van der Waals surface area contributed by atoms with Crippen molar-refractivity contribution in [1.82, 2.24) is 10.4 Å². The smallest absolute Gasteiger partial charge is 0.108 e. The highest BCUT2D eigenvalue weighted by Gasteiger charge is 2.40. The molecule has 1 aliphatic rings. The van der Waals surface area contributed by atoms with Gasteiger partial charge in [-0.1, -0.05) is 6.92 Å². The second-order valence-corrected chi connectivity index (χ2v) is 5.71. The summed E-state index contributed by atoms with van der Waals surface area (Å²) in [6.45, 7) is 8.31. The largest absolute Gasteiger partial charge is 0.387 e. The van der Waals surface area contributed by atoms with Crippen LogP contribution >= 0.6 is 12.0 Å². The van der Waals surface area contributed by atoms with E-state index in [1.165, 1.54) is 12.0 Å². The van der Waals surface area contributed by atoms with Gasteiger partial charge in [0.2, 0.25) is 0 Å². The molecule has 0 saturated heterocycles. The van der Waals surface area contributed by atoms with Crippen LogP contribution in [-0.2, 0) is 4.18 Å². The fourth-order valence-electron chi connectivity index (χ4n) is 1.30. The Bertz CT molecular complexity index is 276. The molecule has 0 saturated carbocycles. The summed E-state index contributed by atoms with van der Waals surface area (Å²) in [6, 6.07) is 0. The monoisotopic (exact) mass is 246 g/mol. The zero-order valence-corrected chi connectivity index (χ0v) is 11.5. The molecule has 0 amide bonds. The lowest BCUT2D eigenvalue weighted by Gasteiger charge is -2.38. The van der Waals surface area contributed by atoms with E-state index >= 15 is 0 Å². The van der Waals surface area contributed by atoms with E-state index in [1.54, 1.807) is 13.8 Å². The molecule has 1 unspecified atom stereocenters. The first kappa shape index (κ1) is 13.8. The fourth-order valence-corrected chi connectivity index (χ4v) is 2.24. The number of hydrazine groups is 1. The molecular formula is C11H22N2O2S. The van der Waals surface area contributed by atoms with Crippen molar-refractivity contribution in [3.05, 3.63) is 11.1 Å². The average molecular weight is 246 g/mol. The molecule has 0 bridgehead atoms. The van der Waals surface area contributed by atoms with Crippen LogP contribution in [0.3, 0.4) is 0 Å². The van der Waals surface area contributed by atoms with Gasteiger partial charge in [-0.05, 0) is 27.2 Å². The Morgan fingerprint density at radius 3 is 2.56 bits per heavy atom. The topological polar surface area (TPSA) is 44.7 Å². The van der Waals surface area contributed by atoms with Gasteiger partial charge in [-0.25, -0.2) is 5.43 Å². The summed E-state index contributed by atoms with van der Waals surface area (Å²) in [6.07, 6.45) is 2.76. The van der Waals surface area contributed by atoms with Gasteiger partial charge in [0.1, 0.15) is 5.60 Å². The maximum Gasteiger partial charge on any atom is 0.108 e. The minimum absolute atomic E-state index is 0.542. The number of nitrogens with zero attached hydrogens (tertiary/aromatic N) is 1. The third-order valence-electron chi connectivity index (χ3n) is 3.14. The van der Waals surface area contributed by atoms with Gasteiger partial charge in [-0.15, -0.1) is 0 Å². The van der Waals surface area contributed by atoms with Crippen LogP contribution in [-0.4, -0.2) is 34.9 Å². The summed E-state index contributed by atoms with van der Waals surface area (Å²) in [5.74, 6) is 0. The molecule has 2 N–H and O–H groups in total. The Labute approximate surface area is 102 Å². The molecule has 0 aromatic carbocycles. The SMILES string of the molecule is CCC(C)(OSC1=CN(C)NC1)C(C)(C)O. The van der Waals surface area contributed by atoms with Crippen LogP contribution < -0.4 is 5.43 Å². The predicted molar refractivity (Wildman–Crippen MR) is 67.5 cm³/mol. The van der Waals surface area contributed by atoms with Gasteiger partial charge < -0.3 is 14.3 Å². The number of nitrogens with one attached hydrogen (secondary N) is 1. The van der Waals surface area contributed by atoms with E-state index in [9.17, 15) is 5.11 Å². The molecule has 0 radical (unpaired) electrons. The fraction of sp³-hybridized carbons (Fsp3) is 0.818.